The van der Waals surface area contributed by atoms with Crippen molar-refractivity contribution in [1.29, 1.82) is 0 Å². The number of rotatable bonds is 2. The van der Waals surface area contributed by atoms with E-state index in [4.69, 9.17) is 0 Å². The molecule has 8 saturated carbocycles. The van der Waals surface area contributed by atoms with E-state index in [2.05, 4.69) is 24.3 Å². The van der Waals surface area contributed by atoms with Crippen LogP contribution in [-0.4, -0.2) is 0 Å². The molecule has 0 aromatic carbocycles. The van der Waals surface area contributed by atoms with E-state index in [1.165, 1.54) is 64.2 Å². The lowest BCUT2D eigenvalue weighted by molar-refractivity contribution is -0.0364. The maximum Gasteiger partial charge on any atom is 0.00743 e. The molecule has 0 heterocycles. The number of hydrogen-bond donors (Lipinski definition) is 0. The van der Waals surface area contributed by atoms with Gasteiger partial charge in [0.1, 0.15) is 0 Å². The average Bonchev–Trinajstić information content (AvgIpc) is 3.50. The summed E-state index contributed by atoms with van der Waals surface area (Å²) in [6, 6.07) is 0. The Morgan fingerprint density at radius 3 is 1.38 bits per heavy atom. The zero-order valence-electron chi connectivity index (χ0n) is 25.4. The fourth-order valence-corrected chi connectivity index (χ4v) is 15.7. The minimum absolute atomic E-state index is 0.628. The minimum atomic E-state index is 0.628. The SMILES string of the molecule is C1=C2C(CC1)C21C(/C=C/C2CCC3C4CCCCC4CCC3C23C2=CCCC23)CCC2C3CCCCC3CCC21. The highest BCUT2D eigenvalue weighted by atomic mass is 14.8. The lowest BCUT2D eigenvalue weighted by atomic mass is 9.50. The Labute approximate surface area is 245 Å². The van der Waals surface area contributed by atoms with E-state index in [-0.39, 0.29) is 0 Å². The minimum Gasteiger partial charge on any atom is -0.0844 e. The van der Waals surface area contributed by atoms with Crippen LogP contribution >= 0.6 is 0 Å². The van der Waals surface area contributed by atoms with Crippen LogP contribution in [-0.2, 0) is 0 Å². The van der Waals surface area contributed by atoms with Gasteiger partial charge in [0.25, 0.3) is 0 Å². The van der Waals surface area contributed by atoms with Crippen LogP contribution in [0.4, 0.5) is 0 Å². The molecule has 0 aromatic heterocycles. The van der Waals surface area contributed by atoms with E-state index in [1.54, 1.807) is 64.2 Å². The molecule has 0 nitrogen and oxygen atoms in total. The first-order valence-electron chi connectivity index (χ1n) is 18.9. The summed E-state index contributed by atoms with van der Waals surface area (Å²) < 4.78 is 0. The lowest BCUT2D eigenvalue weighted by Gasteiger charge is -2.54. The van der Waals surface area contributed by atoms with Crippen molar-refractivity contribution >= 4 is 0 Å². The van der Waals surface area contributed by atoms with Crippen LogP contribution in [0.5, 0.6) is 0 Å². The predicted octanol–water partition coefficient (Wildman–Crippen LogP) is 10.7. The Morgan fingerprint density at radius 2 is 0.925 bits per heavy atom. The Morgan fingerprint density at radius 1 is 0.450 bits per heavy atom. The third kappa shape index (κ3) is 3.06. The van der Waals surface area contributed by atoms with Crippen molar-refractivity contribution in [3.8, 4) is 0 Å². The van der Waals surface area contributed by atoms with E-state index in [9.17, 15) is 0 Å². The van der Waals surface area contributed by atoms with Crippen LogP contribution in [0, 0.1) is 81.8 Å². The zero-order valence-corrected chi connectivity index (χ0v) is 25.4. The summed E-state index contributed by atoms with van der Waals surface area (Å²) in [6.07, 6.45) is 42.2. The number of fused-ring (bicyclic) bond motifs is 14. The molecule has 0 N–H and O–H groups in total. The van der Waals surface area contributed by atoms with Crippen molar-refractivity contribution in [2.45, 2.75) is 128 Å². The summed E-state index contributed by atoms with van der Waals surface area (Å²) in [4.78, 5) is 0. The summed E-state index contributed by atoms with van der Waals surface area (Å²) in [5.74, 6) is 12.4. The fourth-order valence-electron chi connectivity index (χ4n) is 15.7. The van der Waals surface area contributed by atoms with Crippen LogP contribution in [0.3, 0.4) is 0 Å². The monoisotopic (exact) mass is 536 g/mol. The van der Waals surface area contributed by atoms with Crippen molar-refractivity contribution < 1.29 is 0 Å². The molecule has 0 aliphatic heterocycles. The second-order valence-corrected chi connectivity index (χ2v) is 17.3. The maximum absolute atomic E-state index is 2.95. The van der Waals surface area contributed by atoms with E-state index >= 15 is 0 Å². The predicted molar refractivity (Wildman–Crippen MR) is 164 cm³/mol. The second kappa shape index (κ2) is 8.88. The van der Waals surface area contributed by atoms with Gasteiger partial charge in [0.2, 0.25) is 0 Å². The topological polar surface area (TPSA) is 0 Å². The Bertz CT molecular complexity index is 1050. The van der Waals surface area contributed by atoms with Gasteiger partial charge in [-0.3, -0.25) is 0 Å². The van der Waals surface area contributed by atoms with E-state index < -0.39 is 0 Å². The smallest absolute Gasteiger partial charge is 0.00743 e. The van der Waals surface area contributed by atoms with Gasteiger partial charge in [0.15, 0.2) is 0 Å². The normalized spacial score (nSPS) is 57.4. The average molecular weight is 537 g/mol. The fraction of sp³-hybridized carbons (Fsp3) is 0.850. The largest absolute Gasteiger partial charge is 0.0844 e. The maximum atomic E-state index is 2.95. The molecule has 14 atom stereocenters. The highest BCUT2D eigenvalue weighted by Gasteiger charge is 2.72. The molecule has 10 aliphatic carbocycles. The summed E-state index contributed by atoms with van der Waals surface area (Å²) in [7, 11) is 0. The quantitative estimate of drug-likeness (QED) is 0.308. The first-order valence-corrected chi connectivity index (χ1v) is 18.9. The van der Waals surface area contributed by atoms with Crippen LogP contribution in [0.15, 0.2) is 35.5 Å². The summed E-state index contributed by atoms with van der Waals surface area (Å²) in [5, 5.41) is 0. The highest BCUT2D eigenvalue weighted by Crippen LogP contribution is 2.80. The third-order valence-corrected chi connectivity index (χ3v) is 16.8. The molecule has 2 spiro atoms. The van der Waals surface area contributed by atoms with Gasteiger partial charge in [-0.25, -0.2) is 0 Å². The molecule has 0 heteroatoms. The van der Waals surface area contributed by atoms with Gasteiger partial charge in [-0.1, -0.05) is 74.0 Å². The molecule has 40 heavy (non-hydrogen) atoms. The molecule has 0 radical (unpaired) electrons. The zero-order chi connectivity index (χ0) is 26.1. The van der Waals surface area contributed by atoms with Crippen LogP contribution in [0.2, 0.25) is 0 Å². The van der Waals surface area contributed by atoms with E-state index in [0.29, 0.717) is 10.8 Å². The highest BCUT2D eigenvalue weighted by molar-refractivity contribution is 5.48. The molecular formula is C40H56. The number of allylic oxidation sites excluding steroid dienone is 6. The molecule has 0 amide bonds. The van der Waals surface area contributed by atoms with Crippen LogP contribution < -0.4 is 0 Å². The molecule has 0 bridgehead atoms. The van der Waals surface area contributed by atoms with Crippen molar-refractivity contribution in [2.75, 3.05) is 0 Å². The van der Waals surface area contributed by atoms with Gasteiger partial charge >= 0.3 is 0 Å². The molecule has 10 aliphatic rings. The van der Waals surface area contributed by atoms with Crippen molar-refractivity contribution in [2.24, 2.45) is 81.8 Å². The van der Waals surface area contributed by atoms with E-state index in [0.717, 1.165) is 71.0 Å². The summed E-state index contributed by atoms with van der Waals surface area (Å²) >= 11 is 0. The summed E-state index contributed by atoms with van der Waals surface area (Å²) in [5.41, 5.74) is 5.24. The van der Waals surface area contributed by atoms with Gasteiger partial charge < -0.3 is 0 Å². The van der Waals surface area contributed by atoms with Gasteiger partial charge in [0.05, 0.1) is 0 Å². The Balaban J connectivity index is 0.961. The van der Waals surface area contributed by atoms with Crippen molar-refractivity contribution in [1.82, 2.24) is 0 Å². The molecule has 14 unspecified atom stereocenters. The third-order valence-electron chi connectivity index (χ3n) is 16.8. The van der Waals surface area contributed by atoms with Crippen LogP contribution in [0.25, 0.3) is 0 Å². The molecule has 216 valence electrons. The van der Waals surface area contributed by atoms with Crippen molar-refractivity contribution in [3.63, 3.8) is 0 Å². The van der Waals surface area contributed by atoms with Crippen molar-refractivity contribution in [3.05, 3.63) is 35.5 Å². The Kier molecular flexibility index (Phi) is 5.47. The molecular weight excluding hydrogens is 480 g/mol. The molecule has 0 aromatic rings. The van der Waals surface area contributed by atoms with Gasteiger partial charge in [-0.15, -0.1) is 0 Å². The standard InChI is InChI=1S/C40H56/c1-3-9-29-25(7-1)15-23-33-31(29)21-19-27(39(33)35-11-5-12-36(35)39)17-18-28-20-22-32-30-10-4-2-8-26(30)16-24-34(32)40(28)37-13-6-14-38(37)40/h11,13,17-18,25-34,36,38H,1-10,12,14-16,19-24H2/b18-17+. The van der Waals surface area contributed by atoms with Gasteiger partial charge in [0, 0.05) is 10.8 Å². The molecule has 10 rings (SSSR count). The lowest BCUT2D eigenvalue weighted by Crippen LogP contribution is -2.47. The first kappa shape index (κ1) is 24.6. The van der Waals surface area contributed by atoms with Gasteiger partial charge in [-0.05, 0) is 161 Å². The van der Waals surface area contributed by atoms with Gasteiger partial charge in [-0.2, -0.15) is 0 Å². The van der Waals surface area contributed by atoms with Crippen LogP contribution in [0.1, 0.15) is 128 Å². The molecule has 0 saturated heterocycles. The van der Waals surface area contributed by atoms with E-state index in [1.807, 2.05) is 11.1 Å². The Hall–Kier alpha value is -0.780. The summed E-state index contributed by atoms with van der Waals surface area (Å²) in [6.45, 7) is 0. The molecule has 8 fully saturated rings. The second-order valence-electron chi connectivity index (χ2n) is 17.3. The first-order chi connectivity index (χ1) is 19.8. The number of hydrogen-bond acceptors (Lipinski definition) is 0.